The maximum atomic E-state index is 10.6. The smallest absolute Gasteiger partial charge is 0.304 e. The van der Waals surface area contributed by atoms with Crippen molar-refractivity contribution in [1.29, 1.82) is 0 Å². The van der Waals surface area contributed by atoms with E-state index >= 15 is 0 Å². The van der Waals surface area contributed by atoms with Crippen molar-refractivity contribution in [3.05, 3.63) is 0 Å². The Hall–Kier alpha value is -0.810. The number of esters is 2. The maximum absolute atomic E-state index is 10.6. The predicted molar refractivity (Wildman–Crippen MR) is 48.6 cm³/mol. The van der Waals surface area contributed by atoms with Crippen LogP contribution in [0.5, 0.6) is 0 Å². The lowest BCUT2D eigenvalue weighted by atomic mass is 10.4. The van der Waals surface area contributed by atoms with E-state index in [0.29, 0.717) is 0 Å². The fourth-order valence-corrected chi connectivity index (χ4v) is 0.871. The molecular formula is C8H13ClO5. The van der Waals surface area contributed by atoms with Crippen LogP contribution in [0.1, 0.15) is 20.3 Å². The van der Waals surface area contributed by atoms with E-state index in [9.17, 15) is 9.59 Å². The van der Waals surface area contributed by atoms with Gasteiger partial charge in [-0.25, -0.2) is 0 Å². The standard InChI is InChI=1S/C8H13ClO5/c1-6(10)12-4-3-8(13-5-9)14-7(2)11/h8H,3-5H2,1-2H3. The number of hydrogen-bond acceptors (Lipinski definition) is 5. The summed E-state index contributed by atoms with van der Waals surface area (Å²) in [7, 11) is 0. The Labute approximate surface area is 87.3 Å². The topological polar surface area (TPSA) is 61.8 Å². The Morgan fingerprint density at radius 3 is 2.36 bits per heavy atom. The van der Waals surface area contributed by atoms with Gasteiger partial charge in [0.25, 0.3) is 0 Å². The number of alkyl halides is 1. The number of halogens is 1. The van der Waals surface area contributed by atoms with Crippen LogP contribution in [0.15, 0.2) is 0 Å². The van der Waals surface area contributed by atoms with Gasteiger partial charge < -0.3 is 14.2 Å². The molecule has 0 rings (SSSR count). The van der Waals surface area contributed by atoms with Gasteiger partial charge in [-0.3, -0.25) is 9.59 Å². The van der Waals surface area contributed by atoms with E-state index in [1.54, 1.807) is 0 Å². The van der Waals surface area contributed by atoms with Crippen molar-refractivity contribution in [1.82, 2.24) is 0 Å². The van der Waals surface area contributed by atoms with Crippen LogP contribution in [0.3, 0.4) is 0 Å². The molecule has 5 nitrogen and oxygen atoms in total. The van der Waals surface area contributed by atoms with E-state index in [2.05, 4.69) is 4.74 Å². The monoisotopic (exact) mass is 224 g/mol. The molecule has 82 valence electrons. The Balaban J connectivity index is 3.72. The first kappa shape index (κ1) is 13.2. The molecule has 0 spiro atoms. The van der Waals surface area contributed by atoms with Crippen LogP contribution in [-0.4, -0.2) is 30.9 Å². The van der Waals surface area contributed by atoms with Crippen LogP contribution in [0.4, 0.5) is 0 Å². The number of hydrogen-bond donors (Lipinski definition) is 0. The summed E-state index contributed by atoms with van der Waals surface area (Å²) in [6, 6.07) is -0.0853. The summed E-state index contributed by atoms with van der Waals surface area (Å²) < 4.78 is 14.2. The molecule has 1 unspecified atom stereocenters. The molecule has 0 amide bonds. The van der Waals surface area contributed by atoms with Gasteiger partial charge in [0, 0.05) is 20.3 Å². The highest BCUT2D eigenvalue weighted by molar-refractivity contribution is 6.17. The summed E-state index contributed by atoms with van der Waals surface area (Å²) >= 11 is 5.30. The summed E-state index contributed by atoms with van der Waals surface area (Å²) in [6.45, 7) is 2.68. The first-order valence-electron chi connectivity index (χ1n) is 4.04. The number of carbonyl (C=O) groups excluding carboxylic acids is 2. The molecule has 0 saturated heterocycles. The average Bonchev–Trinajstić information content (AvgIpc) is 2.02. The molecule has 1 atom stereocenters. The first-order chi connectivity index (χ1) is 6.56. The van der Waals surface area contributed by atoms with Crippen LogP contribution in [0.2, 0.25) is 0 Å². The average molecular weight is 225 g/mol. The molecule has 14 heavy (non-hydrogen) atoms. The second-order valence-electron chi connectivity index (χ2n) is 2.44. The minimum atomic E-state index is -0.760. The zero-order valence-electron chi connectivity index (χ0n) is 8.12. The SMILES string of the molecule is CC(=O)OCCC(OCCl)OC(C)=O. The first-order valence-corrected chi connectivity index (χ1v) is 4.58. The Bertz CT molecular complexity index is 194. The van der Waals surface area contributed by atoms with Gasteiger partial charge in [-0.2, -0.15) is 0 Å². The second kappa shape index (κ2) is 7.58. The van der Waals surface area contributed by atoms with Gasteiger partial charge in [0.15, 0.2) is 0 Å². The minimum Gasteiger partial charge on any atom is -0.466 e. The zero-order chi connectivity index (χ0) is 11.0. The Morgan fingerprint density at radius 2 is 1.93 bits per heavy atom. The lowest BCUT2D eigenvalue weighted by Gasteiger charge is -2.15. The molecule has 0 bridgehead atoms. The van der Waals surface area contributed by atoms with E-state index < -0.39 is 18.2 Å². The van der Waals surface area contributed by atoms with Crippen LogP contribution in [-0.2, 0) is 23.8 Å². The van der Waals surface area contributed by atoms with Crippen molar-refractivity contribution in [3.8, 4) is 0 Å². The van der Waals surface area contributed by atoms with E-state index in [1.807, 2.05) is 0 Å². The van der Waals surface area contributed by atoms with Gasteiger partial charge in [0.1, 0.15) is 6.07 Å². The molecule has 0 N–H and O–H groups in total. The largest absolute Gasteiger partial charge is 0.466 e. The molecule has 6 heteroatoms. The summed E-state index contributed by atoms with van der Waals surface area (Å²) in [5.74, 6) is -0.861. The van der Waals surface area contributed by atoms with E-state index in [4.69, 9.17) is 21.1 Å². The lowest BCUT2D eigenvalue weighted by Crippen LogP contribution is -2.22. The second-order valence-corrected chi connectivity index (χ2v) is 2.66. The van der Waals surface area contributed by atoms with Gasteiger partial charge in [0.05, 0.1) is 6.61 Å². The fourth-order valence-electron chi connectivity index (χ4n) is 0.731. The van der Waals surface area contributed by atoms with Crippen LogP contribution in [0, 0.1) is 0 Å². The molecule has 0 aromatic carbocycles. The van der Waals surface area contributed by atoms with Crippen molar-refractivity contribution in [2.75, 3.05) is 12.7 Å². The third-order valence-corrected chi connectivity index (χ3v) is 1.33. The maximum Gasteiger partial charge on any atom is 0.304 e. The Kier molecular flexibility index (Phi) is 7.14. The van der Waals surface area contributed by atoms with Crippen LogP contribution >= 0.6 is 11.6 Å². The van der Waals surface area contributed by atoms with Crippen molar-refractivity contribution < 1.29 is 23.8 Å². The number of carbonyl (C=O) groups is 2. The van der Waals surface area contributed by atoms with Crippen LogP contribution < -0.4 is 0 Å². The molecular weight excluding hydrogens is 212 g/mol. The molecule has 0 aromatic rings. The van der Waals surface area contributed by atoms with E-state index in [1.165, 1.54) is 13.8 Å². The molecule has 0 radical (unpaired) electrons. The molecule has 0 aliphatic carbocycles. The zero-order valence-corrected chi connectivity index (χ0v) is 8.87. The van der Waals surface area contributed by atoms with Crippen molar-refractivity contribution in [3.63, 3.8) is 0 Å². The fraction of sp³-hybridized carbons (Fsp3) is 0.750. The highest BCUT2D eigenvalue weighted by Crippen LogP contribution is 2.03. The summed E-state index contributed by atoms with van der Waals surface area (Å²) in [6.07, 6.45) is -0.490. The third kappa shape index (κ3) is 7.82. The summed E-state index contributed by atoms with van der Waals surface area (Å²) in [5, 5.41) is 0. The quantitative estimate of drug-likeness (QED) is 0.383. The molecule has 0 aliphatic heterocycles. The van der Waals surface area contributed by atoms with Gasteiger partial charge in [-0.1, -0.05) is 11.6 Å². The Morgan fingerprint density at radius 1 is 1.29 bits per heavy atom. The minimum absolute atomic E-state index is 0.0853. The lowest BCUT2D eigenvalue weighted by molar-refractivity contribution is -0.176. The van der Waals surface area contributed by atoms with Crippen molar-refractivity contribution in [2.45, 2.75) is 26.6 Å². The summed E-state index contributed by atoms with van der Waals surface area (Å²) in [5.41, 5.74) is 0. The highest BCUT2D eigenvalue weighted by atomic mass is 35.5. The highest BCUT2D eigenvalue weighted by Gasteiger charge is 2.12. The van der Waals surface area contributed by atoms with Gasteiger partial charge in [-0.15, -0.1) is 0 Å². The summed E-state index contributed by atoms with van der Waals surface area (Å²) in [4.78, 5) is 21.0. The molecule has 0 aliphatic rings. The van der Waals surface area contributed by atoms with Crippen molar-refractivity contribution >= 4 is 23.5 Å². The molecule has 0 saturated carbocycles. The predicted octanol–water partition coefficient (Wildman–Crippen LogP) is 1.04. The van der Waals surface area contributed by atoms with E-state index in [0.717, 1.165) is 0 Å². The third-order valence-electron chi connectivity index (χ3n) is 1.21. The van der Waals surface area contributed by atoms with Gasteiger partial charge >= 0.3 is 11.9 Å². The van der Waals surface area contributed by atoms with Crippen LogP contribution in [0.25, 0.3) is 0 Å². The molecule has 0 heterocycles. The number of rotatable bonds is 6. The van der Waals surface area contributed by atoms with Crippen molar-refractivity contribution in [2.24, 2.45) is 0 Å². The van der Waals surface area contributed by atoms with Gasteiger partial charge in [-0.05, 0) is 0 Å². The van der Waals surface area contributed by atoms with E-state index in [-0.39, 0.29) is 19.1 Å². The normalized spacial score (nSPS) is 11.9. The molecule has 0 fully saturated rings. The molecule has 0 aromatic heterocycles. The van der Waals surface area contributed by atoms with Gasteiger partial charge in [0.2, 0.25) is 6.29 Å². The number of ether oxygens (including phenoxy) is 3.